The standard InChI is InChI=1S/C10H14O3/c1-7-3-4-11-10(5-7)9(2)8(13-9)6-12-10/h3-4,7-8H,5-6H2,1-2H3/t7-,8+,9+,10+/m1/s1. The lowest BCUT2D eigenvalue weighted by Crippen LogP contribution is -2.46. The maximum atomic E-state index is 5.72. The minimum Gasteiger partial charge on any atom is -0.467 e. The fourth-order valence-electron chi connectivity index (χ4n) is 2.38. The first-order valence-corrected chi connectivity index (χ1v) is 4.83. The van der Waals surface area contributed by atoms with E-state index in [2.05, 4.69) is 19.9 Å². The molecule has 13 heavy (non-hydrogen) atoms. The van der Waals surface area contributed by atoms with Crippen molar-refractivity contribution < 1.29 is 14.2 Å². The minimum absolute atomic E-state index is 0.188. The third kappa shape index (κ3) is 0.816. The Labute approximate surface area is 77.7 Å². The molecular weight excluding hydrogens is 168 g/mol. The first kappa shape index (κ1) is 7.83. The van der Waals surface area contributed by atoms with Crippen LogP contribution in [-0.4, -0.2) is 24.1 Å². The summed E-state index contributed by atoms with van der Waals surface area (Å²) in [5.74, 6) is 0.0137. The average Bonchev–Trinajstić information content (AvgIpc) is 2.69. The third-order valence-corrected chi connectivity index (χ3v) is 3.42. The number of hydrogen-bond acceptors (Lipinski definition) is 3. The van der Waals surface area contributed by atoms with E-state index in [1.165, 1.54) is 0 Å². The molecule has 0 aromatic heterocycles. The van der Waals surface area contributed by atoms with Crippen molar-refractivity contribution >= 4 is 0 Å². The molecule has 0 unspecified atom stereocenters. The van der Waals surface area contributed by atoms with Crippen LogP contribution in [-0.2, 0) is 14.2 Å². The molecule has 0 aliphatic carbocycles. The summed E-state index contributed by atoms with van der Waals surface area (Å²) in [7, 11) is 0. The Bertz CT molecular complexity index is 273. The third-order valence-electron chi connectivity index (χ3n) is 3.42. The zero-order chi connectivity index (χ0) is 9.10. The highest BCUT2D eigenvalue weighted by atomic mass is 16.8. The van der Waals surface area contributed by atoms with Gasteiger partial charge in [0.25, 0.3) is 0 Å². The van der Waals surface area contributed by atoms with Crippen LogP contribution in [0.15, 0.2) is 12.3 Å². The zero-order valence-electron chi connectivity index (χ0n) is 7.95. The van der Waals surface area contributed by atoms with Gasteiger partial charge >= 0.3 is 0 Å². The normalized spacial score (nSPS) is 57.7. The molecule has 2 saturated heterocycles. The topological polar surface area (TPSA) is 31.0 Å². The van der Waals surface area contributed by atoms with Crippen molar-refractivity contribution in [1.82, 2.24) is 0 Å². The van der Waals surface area contributed by atoms with Crippen molar-refractivity contribution in [2.24, 2.45) is 5.92 Å². The van der Waals surface area contributed by atoms with Gasteiger partial charge in [0, 0.05) is 6.42 Å². The summed E-state index contributed by atoms with van der Waals surface area (Å²) in [4.78, 5) is 0. The maximum absolute atomic E-state index is 5.72. The maximum Gasteiger partial charge on any atom is 0.241 e. The van der Waals surface area contributed by atoms with Gasteiger partial charge < -0.3 is 14.2 Å². The summed E-state index contributed by atoms with van der Waals surface area (Å²) >= 11 is 0. The fourth-order valence-corrected chi connectivity index (χ4v) is 2.38. The predicted molar refractivity (Wildman–Crippen MR) is 46.0 cm³/mol. The smallest absolute Gasteiger partial charge is 0.241 e. The van der Waals surface area contributed by atoms with Gasteiger partial charge in [-0.2, -0.15) is 0 Å². The Kier molecular flexibility index (Phi) is 1.26. The SMILES string of the molecule is C[C@@H]1C=CO[C@@]2(C1)OC[C@@H]1O[C@@]12C. The van der Waals surface area contributed by atoms with E-state index in [1.54, 1.807) is 6.26 Å². The van der Waals surface area contributed by atoms with Gasteiger partial charge in [-0.3, -0.25) is 0 Å². The molecule has 0 aromatic rings. The monoisotopic (exact) mass is 182 g/mol. The van der Waals surface area contributed by atoms with E-state index < -0.39 is 5.79 Å². The molecule has 3 nitrogen and oxygen atoms in total. The molecule has 1 spiro atoms. The van der Waals surface area contributed by atoms with Crippen LogP contribution in [0.2, 0.25) is 0 Å². The van der Waals surface area contributed by atoms with Crippen molar-refractivity contribution in [2.75, 3.05) is 6.61 Å². The van der Waals surface area contributed by atoms with Gasteiger partial charge in [-0.15, -0.1) is 0 Å². The van der Waals surface area contributed by atoms with Crippen LogP contribution in [0.1, 0.15) is 20.3 Å². The Balaban J connectivity index is 1.93. The summed E-state index contributed by atoms with van der Waals surface area (Å²) in [6, 6.07) is 0. The molecule has 3 heteroatoms. The van der Waals surface area contributed by atoms with E-state index in [1.807, 2.05) is 0 Å². The fraction of sp³-hybridized carbons (Fsp3) is 0.800. The molecule has 0 radical (unpaired) electrons. The molecule has 0 amide bonds. The molecule has 4 atom stereocenters. The number of epoxide rings is 1. The van der Waals surface area contributed by atoms with Crippen LogP contribution < -0.4 is 0 Å². The molecule has 3 heterocycles. The first-order chi connectivity index (χ1) is 6.16. The lowest BCUT2D eigenvalue weighted by atomic mass is 9.89. The molecule has 0 saturated carbocycles. The van der Waals surface area contributed by atoms with Crippen molar-refractivity contribution in [1.29, 1.82) is 0 Å². The minimum atomic E-state index is -0.494. The van der Waals surface area contributed by atoms with Gasteiger partial charge in [0.15, 0.2) is 5.60 Å². The molecule has 3 rings (SSSR count). The molecular formula is C10H14O3. The lowest BCUT2D eigenvalue weighted by Gasteiger charge is -2.37. The molecule has 0 N–H and O–H groups in total. The molecule has 72 valence electrons. The summed E-state index contributed by atoms with van der Waals surface area (Å²) in [6.07, 6.45) is 4.97. The van der Waals surface area contributed by atoms with Gasteiger partial charge in [-0.1, -0.05) is 6.92 Å². The molecule has 2 fully saturated rings. The van der Waals surface area contributed by atoms with Gasteiger partial charge in [0.1, 0.15) is 6.10 Å². The van der Waals surface area contributed by atoms with Crippen LogP contribution >= 0.6 is 0 Å². The Hall–Kier alpha value is -0.540. The van der Waals surface area contributed by atoms with Crippen LogP contribution in [0.4, 0.5) is 0 Å². The summed E-state index contributed by atoms with van der Waals surface area (Å²) in [5, 5.41) is 0. The van der Waals surface area contributed by atoms with E-state index in [9.17, 15) is 0 Å². The van der Waals surface area contributed by atoms with E-state index in [0.29, 0.717) is 12.5 Å². The number of hydrogen-bond donors (Lipinski definition) is 0. The summed E-state index contributed by atoms with van der Waals surface area (Å²) in [5.41, 5.74) is -0.188. The van der Waals surface area contributed by atoms with Crippen molar-refractivity contribution in [3.63, 3.8) is 0 Å². The molecule has 0 aromatic carbocycles. The second-order valence-corrected chi connectivity index (χ2v) is 4.41. The van der Waals surface area contributed by atoms with E-state index in [-0.39, 0.29) is 11.7 Å². The Morgan fingerprint density at radius 2 is 2.31 bits per heavy atom. The van der Waals surface area contributed by atoms with Crippen LogP contribution in [0.25, 0.3) is 0 Å². The number of fused-ring (bicyclic) bond motifs is 2. The average molecular weight is 182 g/mol. The number of ether oxygens (including phenoxy) is 3. The van der Waals surface area contributed by atoms with E-state index in [4.69, 9.17) is 14.2 Å². The predicted octanol–water partition coefficient (Wildman–Crippen LogP) is 1.44. The van der Waals surface area contributed by atoms with Crippen molar-refractivity contribution in [3.8, 4) is 0 Å². The van der Waals surface area contributed by atoms with Gasteiger partial charge in [0.05, 0.1) is 12.9 Å². The Morgan fingerprint density at radius 1 is 1.46 bits per heavy atom. The number of rotatable bonds is 0. The van der Waals surface area contributed by atoms with Crippen molar-refractivity contribution in [3.05, 3.63) is 12.3 Å². The highest BCUT2D eigenvalue weighted by molar-refractivity contribution is 5.17. The van der Waals surface area contributed by atoms with Crippen LogP contribution in [0.3, 0.4) is 0 Å². The molecule has 0 bridgehead atoms. The summed E-state index contributed by atoms with van der Waals surface area (Å²) < 4.78 is 16.9. The van der Waals surface area contributed by atoms with E-state index >= 15 is 0 Å². The molecule has 3 aliphatic rings. The largest absolute Gasteiger partial charge is 0.467 e. The Morgan fingerprint density at radius 3 is 2.85 bits per heavy atom. The van der Waals surface area contributed by atoms with E-state index in [0.717, 1.165) is 6.42 Å². The van der Waals surface area contributed by atoms with Crippen LogP contribution in [0, 0.1) is 5.92 Å². The molecule has 3 aliphatic heterocycles. The first-order valence-electron chi connectivity index (χ1n) is 4.83. The lowest BCUT2D eigenvalue weighted by molar-refractivity contribution is -0.245. The zero-order valence-corrected chi connectivity index (χ0v) is 7.95. The highest BCUT2D eigenvalue weighted by Crippen LogP contribution is 2.56. The quantitative estimate of drug-likeness (QED) is 0.531. The second-order valence-electron chi connectivity index (χ2n) is 4.41. The second kappa shape index (κ2) is 2.10. The van der Waals surface area contributed by atoms with Crippen molar-refractivity contribution in [2.45, 2.75) is 37.8 Å². The van der Waals surface area contributed by atoms with Gasteiger partial charge in [0.2, 0.25) is 5.79 Å². The number of allylic oxidation sites excluding steroid dienone is 1. The van der Waals surface area contributed by atoms with Gasteiger partial charge in [-0.05, 0) is 18.9 Å². The van der Waals surface area contributed by atoms with Gasteiger partial charge in [-0.25, -0.2) is 0 Å². The summed E-state index contributed by atoms with van der Waals surface area (Å²) in [6.45, 7) is 4.93. The highest BCUT2D eigenvalue weighted by Gasteiger charge is 2.74. The van der Waals surface area contributed by atoms with Crippen LogP contribution in [0.5, 0.6) is 0 Å².